The Balaban J connectivity index is 2.08. The zero-order valence-electron chi connectivity index (χ0n) is 18.2. The summed E-state index contributed by atoms with van der Waals surface area (Å²) in [4.78, 5) is 38.7. The first-order chi connectivity index (χ1) is 15.1. The SMILES string of the molecule is CCOc1cc([C@@H](CS(C)(=O)=O)N2C(=O)c3ccc(NC(C)=O)cc3C2=O)ccc1OC. The maximum atomic E-state index is 13.2. The van der Waals surface area contributed by atoms with Crippen molar-refractivity contribution in [1.82, 2.24) is 4.90 Å². The Bertz CT molecular complexity index is 1190. The summed E-state index contributed by atoms with van der Waals surface area (Å²) in [6.07, 6.45) is 1.04. The van der Waals surface area contributed by atoms with Gasteiger partial charge in [0.2, 0.25) is 5.91 Å². The molecule has 3 rings (SSSR count). The summed E-state index contributed by atoms with van der Waals surface area (Å²) in [5.41, 5.74) is 1.01. The van der Waals surface area contributed by atoms with Crippen LogP contribution in [0.15, 0.2) is 36.4 Å². The van der Waals surface area contributed by atoms with E-state index in [1.54, 1.807) is 25.1 Å². The summed E-state index contributed by atoms with van der Waals surface area (Å²) in [5.74, 6) is -1.22. The molecule has 1 aliphatic rings. The zero-order valence-corrected chi connectivity index (χ0v) is 19.0. The summed E-state index contributed by atoms with van der Waals surface area (Å²) < 4.78 is 35.3. The van der Waals surface area contributed by atoms with Crippen molar-refractivity contribution in [2.75, 3.05) is 31.0 Å². The Morgan fingerprint density at radius 3 is 2.34 bits per heavy atom. The van der Waals surface area contributed by atoms with E-state index in [1.807, 2.05) is 0 Å². The van der Waals surface area contributed by atoms with Crippen molar-refractivity contribution in [3.8, 4) is 11.5 Å². The Hall–Kier alpha value is -3.40. The van der Waals surface area contributed by atoms with Crippen molar-refractivity contribution in [2.24, 2.45) is 0 Å². The number of nitrogens with zero attached hydrogens (tertiary/aromatic N) is 1. The number of fused-ring (bicyclic) bond motifs is 1. The van der Waals surface area contributed by atoms with Gasteiger partial charge in [0.15, 0.2) is 11.5 Å². The van der Waals surface area contributed by atoms with Gasteiger partial charge in [-0.3, -0.25) is 19.3 Å². The monoisotopic (exact) mass is 460 g/mol. The number of rotatable bonds is 8. The van der Waals surface area contributed by atoms with Crippen molar-refractivity contribution >= 4 is 33.2 Å². The second-order valence-corrected chi connectivity index (χ2v) is 9.56. The Kier molecular flexibility index (Phi) is 6.54. The quantitative estimate of drug-likeness (QED) is 0.601. The van der Waals surface area contributed by atoms with Gasteiger partial charge in [0.25, 0.3) is 11.8 Å². The van der Waals surface area contributed by atoms with E-state index in [1.165, 1.54) is 32.2 Å². The number of nitrogens with one attached hydrogen (secondary N) is 1. The molecule has 0 aliphatic carbocycles. The number of imide groups is 1. The molecule has 32 heavy (non-hydrogen) atoms. The predicted molar refractivity (Wildman–Crippen MR) is 118 cm³/mol. The van der Waals surface area contributed by atoms with E-state index in [9.17, 15) is 22.8 Å². The molecule has 0 radical (unpaired) electrons. The molecule has 2 aromatic rings. The molecular weight excluding hydrogens is 436 g/mol. The van der Waals surface area contributed by atoms with Gasteiger partial charge in [-0.1, -0.05) is 6.07 Å². The van der Waals surface area contributed by atoms with Crippen LogP contribution in [0.25, 0.3) is 0 Å². The molecule has 2 aromatic carbocycles. The van der Waals surface area contributed by atoms with Gasteiger partial charge in [0.1, 0.15) is 9.84 Å². The highest BCUT2D eigenvalue weighted by atomic mass is 32.2. The van der Waals surface area contributed by atoms with Crippen LogP contribution in [0.3, 0.4) is 0 Å². The molecule has 0 bridgehead atoms. The number of carbonyl (C=O) groups excluding carboxylic acids is 3. The molecule has 10 heteroatoms. The number of hydrogen-bond acceptors (Lipinski definition) is 7. The van der Waals surface area contributed by atoms with Crippen molar-refractivity contribution in [1.29, 1.82) is 0 Å². The number of carbonyl (C=O) groups is 3. The lowest BCUT2D eigenvalue weighted by Crippen LogP contribution is -2.37. The largest absolute Gasteiger partial charge is 0.493 e. The minimum Gasteiger partial charge on any atom is -0.493 e. The van der Waals surface area contributed by atoms with Crippen LogP contribution in [0.4, 0.5) is 5.69 Å². The van der Waals surface area contributed by atoms with Crippen molar-refractivity contribution < 1.29 is 32.3 Å². The molecule has 0 spiro atoms. The van der Waals surface area contributed by atoms with Crippen LogP contribution in [0.5, 0.6) is 11.5 Å². The van der Waals surface area contributed by atoms with Crippen molar-refractivity contribution in [3.05, 3.63) is 53.1 Å². The molecule has 3 amide bonds. The van der Waals surface area contributed by atoms with Crippen molar-refractivity contribution in [2.45, 2.75) is 19.9 Å². The number of benzene rings is 2. The summed E-state index contributed by atoms with van der Waals surface area (Å²) in [6.45, 7) is 3.46. The lowest BCUT2D eigenvalue weighted by molar-refractivity contribution is -0.114. The molecule has 1 heterocycles. The average molecular weight is 461 g/mol. The fourth-order valence-electron chi connectivity index (χ4n) is 3.60. The van der Waals surface area contributed by atoms with E-state index in [-0.39, 0.29) is 17.0 Å². The summed E-state index contributed by atoms with van der Waals surface area (Å²) in [5, 5.41) is 2.57. The fraction of sp³-hybridized carbons (Fsp3) is 0.318. The van der Waals surface area contributed by atoms with Gasteiger partial charge in [0.05, 0.1) is 36.6 Å². The average Bonchev–Trinajstić information content (AvgIpc) is 2.95. The number of methoxy groups -OCH3 is 1. The van der Waals surface area contributed by atoms with Crippen LogP contribution >= 0.6 is 0 Å². The fourth-order valence-corrected chi connectivity index (χ4v) is 4.51. The van der Waals surface area contributed by atoms with Gasteiger partial charge < -0.3 is 14.8 Å². The molecule has 0 saturated heterocycles. The topological polar surface area (TPSA) is 119 Å². The van der Waals surface area contributed by atoms with Gasteiger partial charge >= 0.3 is 0 Å². The number of sulfone groups is 1. The Labute approximate surface area is 186 Å². The Morgan fingerprint density at radius 1 is 1.06 bits per heavy atom. The van der Waals surface area contributed by atoms with Gasteiger partial charge in [0, 0.05) is 18.9 Å². The highest BCUT2D eigenvalue weighted by Crippen LogP contribution is 2.37. The third-order valence-corrected chi connectivity index (χ3v) is 5.80. The van der Waals surface area contributed by atoms with Gasteiger partial charge in [-0.05, 0) is 42.8 Å². The molecule has 1 aliphatic heterocycles. The highest BCUT2D eigenvalue weighted by Gasteiger charge is 2.42. The van der Waals surface area contributed by atoms with Crippen LogP contribution in [0, 0.1) is 0 Å². The second kappa shape index (κ2) is 8.99. The first kappa shape index (κ1) is 23.3. The van der Waals surface area contributed by atoms with Crippen LogP contribution in [-0.2, 0) is 14.6 Å². The van der Waals surface area contributed by atoms with E-state index in [0.29, 0.717) is 29.4 Å². The minimum absolute atomic E-state index is 0.0956. The molecule has 0 saturated carbocycles. The predicted octanol–water partition coefficient (Wildman–Crippen LogP) is 2.43. The van der Waals surface area contributed by atoms with Crippen LogP contribution < -0.4 is 14.8 Å². The molecule has 1 N–H and O–H groups in total. The van der Waals surface area contributed by atoms with E-state index >= 15 is 0 Å². The van der Waals surface area contributed by atoms with Crippen LogP contribution in [-0.4, -0.2) is 56.8 Å². The molecule has 0 aromatic heterocycles. The zero-order chi connectivity index (χ0) is 23.6. The molecule has 9 nitrogen and oxygen atoms in total. The minimum atomic E-state index is -3.58. The normalized spacial score (nSPS) is 14.2. The summed E-state index contributed by atoms with van der Waals surface area (Å²) >= 11 is 0. The standard InChI is InChI=1S/C22H24N2O7S/c1-5-31-20-10-14(6-9-19(20)30-3)18(12-32(4,28)29)24-21(26)16-8-7-15(23-13(2)25)11-17(16)22(24)27/h6-11,18H,5,12H2,1-4H3,(H,23,25)/t18-/m1/s1. The second-order valence-electron chi connectivity index (χ2n) is 7.37. The molecule has 1 atom stereocenters. The third-order valence-electron chi connectivity index (χ3n) is 4.88. The van der Waals surface area contributed by atoms with E-state index < -0.39 is 33.4 Å². The van der Waals surface area contributed by atoms with Crippen LogP contribution in [0.2, 0.25) is 0 Å². The first-order valence-corrected chi connectivity index (χ1v) is 11.9. The summed E-state index contributed by atoms with van der Waals surface area (Å²) in [6, 6.07) is 8.07. The summed E-state index contributed by atoms with van der Waals surface area (Å²) in [7, 11) is -2.11. The highest BCUT2D eigenvalue weighted by molar-refractivity contribution is 7.90. The molecule has 0 unspecified atom stereocenters. The maximum Gasteiger partial charge on any atom is 0.262 e. The smallest absolute Gasteiger partial charge is 0.262 e. The Morgan fingerprint density at radius 2 is 1.75 bits per heavy atom. The lowest BCUT2D eigenvalue weighted by atomic mass is 10.1. The number of amides is 3. The number of ether oxygens (including phenoxy) is 2. The number of anilines is 1. The molecule has 170 valence electrons. The number of hydrogen-bond donors (Lipinski definition) is 1. The maximum absolute atomic E-state index is 13.2. The molecular formula is C22H24N2O7S. The van der Waals surface area contributed by atoms with E-state index in [0.717, 1.165) is 11.2 Å². The van der Waals surface area contributed by atoms with Crippen LogP contribution in [0.1, 0.15) is 46.2 Å². The van der Waals surface area contributed by atoms with Crippen molar-refractivity contribution in [3.63, 3.8) is 0 Å². The lowest BCUT2D eigenvalue weighted by Gasteiger charge is -2.26. The van der Waals surface area contributed by atoms with Gasteiger partial charge in [-0.25, -0.2) is 8.42 Å². The molecule has 0 fully saturated rings. The van der Waals surface area contributed by atoms with E-state index in [2.05, 4.69) is 5.32 Å². The first-order valence-electron chi connectivity index (χ1n) is 9.83. The third kappa shape index (κ3) is 4.75. The van der Waals surface area contributed by atoms with E-state index in [4.69, 9.17) is 9.47 Å². The van der Waals surface area contributed by atoms with Gasteiger partial charge in [-0.15, -0.1) is 0 Å². The van der Waals surface area contributed by atoms with Gasteiger partial charge in [-0.2, -0.15) is 0 Å².